The first-order valence-electron chi connectivity index (χ1n) is 12.7. The number of aliphatic carboxylic acids is 1. The SMILES string of the molecule is COC(=O)N1c2ccc3c(nc([C@H](OC)c4ccccc4)n3[C@@H]3CCC[C@@H](C(=O)O)C3)c2CCC1C. The van der Waals surface area contributed by atoms with E-state index in [-0.39, 0.29) is 24.1 Å². The number of rotatable bonds is 5. The number of hydrogen-bond acceptors (Lipinski definition) is 5. The molecular formula is C28H33N3O5. The number of anilines is 1. The van der Waals surface area contributed by atoms with Gasteiger partial charge in [0.25, 0.3) is 0 Å². The predicted octanol–water partition coefficient (Wildman–Crippen LogP) is 5.50. The van der Waals surface area contributed by atoms with Crippen LogP contribution in [0.4, 0.5) is 10.5 Å². The number of hydrogen-bond donors (Lipinski definition) is 1. The summed E-state index contributed by atoms with van der Waals surface area (Å²) in [6, 6.07) is 14.0. The summed E-state index contributed by atoms with van der Waals surface area (Å²) in [6.45, 7) is 2.03. The Kier molecular flexibility index (Phi) is 6.71. The van der Waals surface area contributed by atoms with Crippen molar-refractivity contribution in [2.75, 3.05) is 19.1 Å². The van der Waals surface area contributed by atoms with Crippen molar-refractivity contribution in [3.8, 4) is 0 Å². The summed E-state index contributed by atoms with van der Waals surface area (Å²) in [5, 5.41) is 9.76. The van der Waals surface area contributed by atoms with Crippen LogP contribution in [-0.4, -0.2) is 47.0 Å². The van der Waals surface area contributed by atoms with Gasteiger partial charge < -0.3 is 19.1 Å². The van der Waals surface area contributed by atoms with Crippen LogP contribution >= 0.6 is 0 Å². The van der Waals surface area contributed by atoms with Crippen molar-refractivity contribution in [3.63, 3.8) is 0 Å². The molecule has 8 nitrogen and oxygen atoms in total. The van der Waals surface area contributed by atoms with Crippen molar-refractivity contribution in [2.45, 2.75) is 63.6 Å². The third-order valence-corrected chi connectivity index (χ3v) is 7.79. The Labute approximate surface area is 210 Å². The van der Waals surface area contributed by atoms with E-state index in [2.05, 4.69) is 4.57 Å². The summed E-state index contributed by atoms with van der Waals surface area (Å²) in [4.78, 5) is 31.4. The van der Waals surface area contributed by atoms with Gasteiger partial charge in [-0.25, -0.2) is 9.78 Å². The predicted molar refractivity (Wildman–Crippen MR) is 136 cm³/mol. The first-order valence-corrected chi connectivity index (χ1v) is 12.7. The van der Waals surface area contributed by atoms with Crippen molar-refractivity contribution in [2.24, 2.45) is 5.92 Å². The third kappa shape index (κ3) is 4.13. The van der Waals surface area contributed by atoms with Crippen LogP contribution in [0.1, 0.15) is 68.1 Å². The van der Waals surface area contributed by atoms with Gasteiger partial charge in [0.05, 0.1) is 29.7 Å². The van der Waals surface area contributed by atoms with E-state index in [0.717, 1.165) is 59.4 Å². The standard InChI is InChI=1S/C28H33N3O5/c1-17-12-13-21-22(30(17)28(34)36-3)14-15-23-24(21)29-26(25(35-2)18-8-5-4-6-9-18)31(23)20-11-7-10-19(16-20)27(32)33/h4-6,8-9,14-15,17,19-20,25H,7,10-13,16H2,1-3H3,(H,32,33)/t17?,19-,20-,25-/m1/s1. The first kappa shape index (κ1) is 24.3. The molecule has 1 N–H and O–H groups in total. The highest BCUT2D eigenvalue weighted by atomic mass is 16.5. The lowest BCUT2D eigenvalue weighted by atomic mass is 9.85. The lowest BCUT2D eigenvalue weighted by Crippen LogP contribution is -2.42. The fourth-order valence-electron chi connectivity index (χ4n) is 6.00. The fraction of sp³-hybridized carbons (Fsp3) is 0.464. The largest absolute Gasteiger partial charge is 0.481 e. The molecule has 0 spiro atoms. The van der Waals surface area contributed by atoms with Gasteiger partial charge in [-0.15, -0.1) is 0 Å². The number of nitrogens with zero attached hydrogens (tertiary/aromatic N) is 3. The molecule has 0 radical (unpaired) electrons. The summed E-state index contributed by atoms with van der Waals surface area (Å²) in [5.41, 5.74) is 4.63. The minimum Gasteiger partial charge on any atom is -0.481 e. The maximum Gasteiger partial charge on any atom is 0.414 e. The summed E-state index contributed by atoms with van der Waals surface area (Å²) < 4.78 is 13.3. The molecule has 1 amide bonds. The van der Waals surface area contributed by atoms with E-state index in [9.17, 15) is 14.7 Å². The molecule has 3 aromatic rings. The molecule has 0 saturated heterocycles. The van der Waals surface area contributed by atoms with Crippen molar-refractivity contribution < 1.29 is 24.2 Å². The van der Waals surface area contributed by atoms with Crippen LogP contribution in [0.3, 0.4) is 0 Å². The van der Waals surface area contributed by atoms with E-state index in [1.54, 1.807) is 12.0 Å². The second-order valence-corrected chi connectivity index (χ2v) is 9.88. The van der Waals surface area contributed by atoms with Gasteiger partial charge in [0.15, 0.2) is 0 Å². The van der Waals surface area contributed by atoms with Gasteiger partial charge in [-0.2, -0.15) is 0 Å². The fourth-order valence-corrected chi connectivity index (χ4v) is 6.00. The second-order valence-electron chi connectivity index (χ2n) is 9.88. The average molecular weight is 492 g/mol. The van der Waals surface area contributed by atoms with E-state index in [1.165, 1.54) is 7.11 Å². The van der Waals surface area contributed by atoms with Crippen LogP contribution in [0.2, 0.25) is 0 Å². The molecule has 1 aromatic heterocycles. The van der Waals surface area contributed by atoms with Gasteiger partial charge in [-0.1, -0.05) is 36.8 Å². The number of benzene rings is 2. The number of carbonyl (C=O) groups is 2. The highest BCUT2D eigenvalue weighted by molar-refractivity contribution is 5.95. The van der Waals surface area contributed by atoms with Crippen molar-refractivity contribution >= 4 is 28.8 Å². The van der Waals surface area contributed by atoms with Crippen LogP contribution in [-0.2, 0) is 20.7 Å². The quantitative estimate of drug-likeness (QED) is 0.507. The monoisotopic (exact) mass is 491 g/mol. The number of ether oxygens (including phenoxy) is 2. The molecule has 0 bridgehead atoms. The summed E-state index contributed by atoms with van der Waals surface area (Å²) >= 11 is 0. The third-order valence-electron chi connectivity index (χ3n) is 7.79. The van der Waals surface area contributed by atoms with Crippen LogP contribution in [0, 0.1) is 5.92 Å². The lowest BCUT2D eigenvalue weighted by molar-refractivity contribution is -0.143. The van der Waals surface area contributed by atoms with Crippen molar-refractivity contribution in [3.05, 3.63) is 59.4 Å². The minimum atomic E-state index is -0.739. The van der Waals surface area contributed by atoms with E-state index in [0.29, 0.717) is 12.8 Å². The summed E-state index contributed by atoms with van der Waals surface area (Å²) in [7, 11) is 3.08. The zero-order valence-electron chi connectivity index (χ0n) is 21.0. The molecule has 190 valence electrons. The van der Waals surface area contributed by atoms with E-state index in [4.69, 9.17) is 14.5 Å². The molecule has 5 rings (SSSR count). The maximum atomic E-state index is 12.6. The average Bonchev–Trinajstić information content (AvgIpc) is 3.28. The summed E-state index contributed by atoms with van der Waals surface area (Å²) in [6.07, 6.45) is 3.81. The molecule has 2 aliphatic rings. The van der Waals surface area contributed by atoms with Crippen LogP contribution in [0.5, 0.6) is 0 Å². The summed E-state index contributed by atoms with van der Waals surface area (Å²) in [5.74, 6) is -0.344. The van der Waals surface area contributed by atoms with Crippen LogP contribution in [0.25, 0.3) is 11.0 Å². The molecule has 1 fully saturated rings. The molecule has 4 atom stereocenters. The van der Waals surface area contributed by atoms with Gasteiger partial charge in [-0.05, 0) is 56.7 Å². The number of carbonyl (C=O) groups excluding carboxylic acids is 1. The molecule has 2 aromatic carbocycles. The molecule has 8 heteroatoms. The number of amides is 1. The molecule has 36 heavy (non-hydrogen) atoms. The van der Waals surface area contributed by atoms with Crippen molar-refractivity contribution in [1.29, 1.82) is 0 Å². The maximum absolute atomic E-state index is 12.6. The number of carboxylic acids is 1. The molecule has 1 saturated carbocycles. The zero-order valence-corrected chi connectivity index (χ0v) is 21.0. The number of aryl methyl sites for hydroxylation is 1. The van der Waals surface area contributed by atoms with Crippen LogP contribution in [0.15, 0.2) is 42.5 Å². The Morgan fingerprint density at radius 1 is 1.08 bits per heavy atom. The highest BCUT2D eigenvalue weighted by Crippen LogP contribution is 2.42. The Bertz CT molecular complexity index is 1270. The van der Waals surface area contributed by atoms with E-state index >= 15 is 0 Å². The topological polar surface area (TPSA) is 93.9 Å². The Balaban J connectivity index is 1.71. The van der Waals surface area contributed by atoms with Gasteiger partial charge in [-0.3, -0.25) is 9.69 Å². The molecule has 1 aliphatic heterocycles. The Hall–Kier alpha value is -3.39. The lowest BCUT2D eigenvalue weighted by Gasteiger charge is -2.34. The number of methoxy groups -OCH3 is 2. The second kappa shape index (κ2) is 9.93. The molecule has 1 aliphatic carbocycles. The first-order chi connectivity index (χ1) is 17.4. The highest BCUT2D eigenvalue weighted by Gasteiger charge is 2.35. The number of aromatic nitrogens is 2. The number of carboxylic acid groups (broad SMARTS) is 1. The normalized spacial score (nSPS) is 22.8. The molecule has 2 heterocycles. The Morgan fingerprint density at radius 3 is 2.56 bits per heavy atom. The molecular weight excluding hydrogens is 458 g/mol. The van der Waals surface area contributed by atoms with E-state index in [1.807, 2.05) is 49.4 Å². The van der Waals surface area contributed by atoms with Crippen LogP contribution < -0.4 is 4.90 Å². The van der Waals surface area contributed by atoms with Crippen molar-refractivity contribution in [1.82, 2.24) is 9.55 Å². The smallest absolute Gasteiger partial charge is 0.414 e. The van der Waals surface area contributed by atoms with Gasteiger partial charge in [0.2, 0.25) is 0 Å². The van der Waals surface area contributed by atoms with Gasteiger partial charge in [0.1, 0.15) is 11.9 Å². The van der Waals surface area contributed by atoms with Gasteiger partial charge in [0, 0.05) is 24.8 Å². The number of fused-ring (bicyclic) bond motifs is 3. The van der Waals surface area contributed by atoms with E-state index < -0.39 is 12.1 Å². The van der Waals surface area contributed by atoms with Gasteiger partial charge >= 0.3 is 12.1 Å². The Morgan fingerprint density at radius 2 is 1.86 bits per heavy atom. The zero-order chi connectivity index (χ0) is 25.4. The minimum absolute atomic E-state index is 0.00140. The molecule has 1 unspecified atom stereocenters. The number of imidazole rings is 1.